The van der Waals surface area contributed by atoms with E-state index in [1.54, 1.807) is 10.9 Å². The van der Waals surface area contributed by atoms with Crippen molar-refractivity contribution in [3.05, 3.63) is 16.6 Å². The Hall–Kier alpha value is -0.940. The van der Waals surface area contributed by atoms with Crippen molar-refractivity contribution < 1.29 is 9.90 Å². The van der Waals surface area contributed by atoms with Crippen LogP contribution in [-0.4, -0.2) is 28.1 Å². The van der Waals surface area contributed by atoms with Gasteiger partial charge in [-0.3, -0.25) is 4.79 Å². The van der Waals surface area contributed by atoms with Crippen LogP contribution in [0.2, 0.25) is 0 Å². The molecule has 2 unspecified atom stereocenters. The predicted octanol–water partition coefficient (Wildman–Crippen LogP) is 1.18. The second-order valence-electron chi connectivity index (χ2n) is 3.86. The van der Waals surface area contributed by atoms with E-state index in [0.717, 1.165) is 19.3 Å². The van der Waals surface area contributed by atoms with Crippen molar-refractivity contribution >= 4 is 17.2 Å². The largest absolute Gasteiger partial charge is 0.393 e. The van der Waals surface area contributed by atoms with Gasteiger partial charge in [0.1, 0.15) is 5.69 Å². The second-order valence-corrected chi connectivity index (χ2v) is 4.58. The Bertz CT molecular complexity index is 326. The number of nitrogens with zero attached hydrogens (tertiary/aromatic N) is 1. The zero-order valence-corrected chi connectivity index (χ0v) is 9.17. The highest BCUT2D eigenvalue weighted by Crippen LogP contribution is 2.18. The van der Waals surface area contributed by atoms with Crippen molar-refractivity contribution in [3.63, 3.8) is 0 Å². The number of aliphatic hydroxyl groups excluding tert-OH is 1. The van der Waals surface area contributed by atoms with Gasteiger partial charge in [-0.1, -0.05) is 0 Å². The van der Waals surface area contributed by atoms with Crippen LogP contribution in [0.1, 0.15) is 36.2 Å². The number of amides is 1. The SMILES string of the molecule is O=C(NC1CCCC(O)C1)c1cscn1. The molecule has 15 heavy (non-hydrogen) atoms. The Morgan fingerprint density at radius 1 is 1.60 bits per heavy atom. The van der Waals surface area contributed by atoms with Crippen LogP contribution >= 0.6 is 11.3 Å². The first kappa shape index (κ1) is 10.6. The summed E-state index contributed by atoms with van der Waals surface area (Å²) in [5.74, 6) is -0.129. The van der Waals surface area contributed by atoms with Gasteiger partial charge in [0, 0.05) is 11.4 Å². The summed E-state index contributed by atoms with van der Waals surface area (Å²) in [6, 6.07) is 0.1000. The van der Waals surface area contributed by atoms with Crippen LogP contribution in [0.15, 0.2) is 10.9 Å². The van der Waals surface area contributed by atoms with Gasteiger partial charge in [-0.05, 0) is 25.7 Å². The van der Waals surface area contributed by atoms with E-state index < -0.39 is 0 Å². The molecule has 1 amide bonds. The van der Waals surface area contributed by atoms with Gasteiger partial charge in [0.2, 0.25) is 0 Å². The topological polar surface area (TPSA) is 62.2 Å². The van der Waals surface area contributed by atoms with Crippen molar-refractivity contribution in [1.82, 2.24) is 10.3 Å². The molecule has 2 atom stereocenters. The van der Waals surface area contributed by atoms with Gasteiger partial charge in [-0.15, -0.1) is 11.3 Å². The molecular formula is C10H14N2O2S. The van der Waals surface area contributed by atoms with Crippen molar-refractivity contribution in [2.24, 2.45) is 0 Å². The molecule has 0 saturated heterocycles. The lowest BCUT2D eigenvalue weighted by Crippen LogP contribution is -2.39. The number of aliphatic hydroxyl groups is 1. The van der Waals surface area contributed by atoms with Crippen LogP contribution in [0.4, 0.5) is 0 Å². The summed E-state index contributed by atoms with van der Waals surface area (Å²) < 4.78 is 0. The van der Waals surface area contributed by atoms with Gasteiger partial charge in [-0.25, -0.2) is 4.98 Å². The van der Waals surface area contributed by atoms with Crippen molar-refractivity contribution in [2.75, 3.05) is 0 Å². The maximum atomic E-state index is 11.6. The number of carbonyl (C=O) groups is 1. The van der Waals surface area contributed by atoms with Gasteiger partial charge in [0.05, 0.1) is 11.6 Å². The van der Waals surface area contributed by atoms with Crippen molar-refractivity contribution in [2.45, 2.75) is 37.8 Å². The number of thiazole rings is 1. The fraction of sp³-hybridized carbons (Fsp3) is 0.600. The molecule has 1 saturated carbocycles. The summed E-state index contributed by atoms with van der Waals surface area (Å²) in [5.41, 5.74) is 2.12. The minimum atomic E-state index is -0.264. The summed E-state index contributed by atoms with van der Waals surface area (Å²) in [6.45, 7) is 0. The molecule has 0 bridgehead atoms. The summed E-state index contributed by atoms with van der Waals surface area (Å²) in [6.07, 6.45) is 3.18. The number of rotatable bonds is 2. The lowest BCUT2D eigenvalue weighted by atomic mass is 9.93. The van der Waals surface area contributed by atoms with Crippen LogP contribution in [0.25, 0.3) is 0 Å². The van der Waals surface area contributed by atoms with Crippen LogP contribution in [0.3, 0.4) is 0 Å². The maximum Gasteiger partial charge on any atom is 0.270 e. The van der Waals surface area contributed by atoms with Gasteiger partial charge >= 0.3 is 0 Å². The Labute approximate surface area is 92.3 Å². The standard InChI is InChI=1S/C10H14N2O2S/c13-8-3-1-2-7(4-8)12-10(14)9-5-15-6-11-9/h5-8,13H,1-4H2,(H,12,14). The molecule has 82 valence electrons. The van der Waals surface area contributed by atoms with Crippen molar-refractivity contribution in [1.29, 1.82) is 0 Å². The molecule has 0 radical (unpaired) electrons. The van der Waals surface area contributed by atoms with Gasteiger partial charge in [-0.2, -0.15) is 0 Å². The molecule has 1 aromatic heterocycles. The minimum Gasteiger partial charge on any atom is -0.393 e. The summed E-state index contributed by atoms with van der Waals surface area (Å²) in [5, 5.41) is 14.1. The summed E-state index contributed by atoms with van der Waals surface area (Å²) in [4.78, 5) is 15.6. The van der Waals surface area contributed by atoms with Crippen molar-refractivity contribution in [3.8, 4) is 0 Å². The van der Waals surface area contributed by atoms with E-state index in [4.69, 9.17) is 0 Å². The molecule has 1 aromatic rings. The Balaban J connectivity index is 1.89. The number of carbonyl (C=O) groups excluding carboxylic acids is 1. The smallest absolute Gasteiger partial charge is 0.270 e. The highest BCUT2D eigenvalue weighted by molar-refractivity contribution is 7.07. The van der Waals surface area contributed by atoms with E-state index in [2.05, 4.69) is 10.3 Å². The third-order valence-corrected chi connectivity index (χ3v) is 3.23. The first-order chi connectivity index (χ1) is 7.25. The zero-order chi connectivity index (χ0) is 10.7. The maximum absolute atomic E-state index is 11.6. The normalized spacial score (nSPS) is 26.2. The minimum absolute atomic E-state index is 0.1000. The third kappa shape index (κ3) is 2.76. The lowest BCUT2D eigenvalue weighted by molar-refractivity contribution is 0.0846. The third-order valence-electron chi connectivity index (χ3n) is 2.65. The summed E-state index contributed by atoms with van der Waals surface area (Å²) >= 11 is 1.41. The molecule has 1 fully saturated rings. The number of hydrogen-bond acceptors (Lipinski definition) is 4. The van der Waals surface area contributed by atoms with E-state index in [9.17, 15) is 9.90 Å². The molecule has 4 nitrogen and oxygen atoms in total. The molecule has 1 heterocycles. The monoisotopic (exact) mass is 226 g/mol. The zero-order valence-electron chi connectivity index (χ0n) is 8.35. The van der Waals surface area contributed by atoms with E-state index in [0.29, 0.717) is 12.1 Å². The van der Waals surface area contributed by atoms with Crippen LogP contribution in [0.5, 0.6) is 0 Å². The molecule has 0 aliphatic heterocycles. The highest BCUT2D eigenvalue weighted by Gasteiger charge is 2.22. The molecular weight excluding hydrogens is 212 g/mol. The average Bonchev–Trinajstić information content (AvgIpc) is 2.70. The fourth-order valence-electron chi connectivity index (χ4n) is 1.88. The van der Waals surface area contributed by atoms with Crippen LogP contribution in [-0.2, 0) is 0 Å². The predicted molar refractivity (Wildman–Crippen MR) is 57.8 cm³/mol. The quantitative estimate of drug-likeness (QED) is 0.796. The van der Waals surface area contributed by atoms with Gasteiger partial charge in [0.25, 0.3) is 5.91 Å². The average molecular weight is 226 g/mol. The number of aromatic nitrogens is 1. The van der Waals surface area contributed by atoms with Gasteiger partial charge < -0.3 is 10.4 Å². The molecule has 1 aliphatic carbocycles. The Morgan fingerprint density at radius 3 is 3.13 bits per heavy atom. The van der Waals surface area contributed by atoms with E-state index in [-0.39, 0.29) is 18.1 Å². The molecule has 0 aromatic carbocycles. The van der Waals surface area contributed by atoms with E-state index in [1.807, 2.05) is 0 Å². The van der Waals surface area contributed by atoms with E-state index >= 15 is 0 Å². The fourth-order valence-corrected chi connectivity index (χ4v) is 2.41. The second kappa shape index (κ2) is 4.72. The Kier molecular flexibility index (Phi) is 3.33. The summed E-state index contributed by atoms with van der Waals surface area (Å²) in [7, 11) is 0. The molecule has 2 rings (SSSR count). The highest BCUT2D eigenvalue weighted by atomic mass is 32.1. The first-order valence-electron chi connectivity index (χ1n) is 5.13. The van der Waals surface area contributed by atoms with Crippen LogP contribution < -0.4 is 5.32 Å². The molecule has 5 heteroatoms. The van der Waals surface area contributed by atoms with E-state index in [1.165, 1.54) is 11.3 Å². The van der Waals surface area contributed by atoms with Crippen LogP contribution in [0, 0.1) is 0 Å². The lowest BCUT2D eigenvalue weighted by Gasteiger charge is -2.26. The number of hydrogen-bond donors (Lipinski definition) is 2. The molecule has 0 spiro atoms. The van der Waals surface area contributed by atoms with Gasteiger partial charge in [0.15, 0.2) is 0 Å². The Morgan fingerprint density at radius 2 is 2.47 bits per heavy atom. The number of nitrogens with one attached hydrogen (secondary N) is 1. The molecule has 2 N–H and O–H groups in total. The first-order valence-corrected chi connectivity index (χ1v) is 6.07. The molecule has 1 aliphatic rings.